The van der Waals surface area contributed by atoms with E-state index < -0.39 is 0 Å². The lowest BCUT2D eigenvalue weighted by molar-refractivity contribution is 0.565. The van der Waals surface area contributed by atoms with Gasteiger partial charge >= 0.3 is 0 Å². The quantitative estimate of drug-likeness (QED) is 0.846. The van der Waals surface area contributed by atoms with Crippen LogP contribution < -0.4 is 10.9 Å². The Morgan fingerprint density at radius 2 is 2.30 bits per heavy atom. The summed E-state index contributed by atoms with van der Waals surface area (Å²) in [7, 11) is 0. The van der Waals surface area contributed by atoms with Crippen molar-refractivity contribution in [3.63, 3.8) is 0 Å². The molecule has 0 aromatic carbocycles. The number of anilines is 1. The lowest BCUT2D eigenvalue weighted by Gasteiger charge is -2.15. The van der Waals surface area contributed by atoms with Gasteiger partial charge < -0.3 is 5.32 Å². The van der Waals surface area contributed by atoms with Gasteiger partial charge in [0.25, 0.3) is 5.56 Å². The van der Waals surface area contributed by atoms with Crippen molar-refractivity contribution in [3.05, 3.63) is 42.4 Å². The number of nitrogens with zero attached hydrogens (tertiary/aromatic N) is 2. The summed E-state index contributed by atoms with van der Waals surface area (Å²) in [5.74, 6) is 0. The fraction of sp³-hybridized carbons (Fsp3) is 0.385. The summed E-state index contributed by atoms with van der Waals surface area (Å²) >= 11 is 10.8. The van der Waals surface area contributed by atoms with Crippen LogP contribution in [0.2, 0.25) is 4.34 Å². The molecule has 0 aliphatic heterocycles. The van der Waals surface area contributed by atoms with Crippen molar-refractivity contribution in [1.82, 2.24) is 9.78 Å². The third-order valence-corrected chi connectivity index (χ3v) is 4.99. The zero-order valence-electron chi connectivity index (χ0n) is 11.2. The molecule has 0 aliphatic rings. The van der Waals surface area contributed by atoms with E-state index in [1.54, 1.807) is 6.20 Å². The molecule has 0 bridgehead atoms. The summed E-state index contributed by atoms with van der Waals surface area (Å²) in [5, 5.41) is 7.45. The van der Waals surface area contributed by atoms with E-state index in [-0.39, 0.29) is 11.6 Å². The van der Waals surface area contributed by atoms with E-state index in [1.165, 1.54) is 16.0 Å². The van der Waals surface area contributed by atoms with Crippen LogP contribution in [0.4, 0.5) is 5.69 Å². The first kappa shape index (κ1) is 15.5. The SMILES string of the molecule is CCCn1ncc(NC(C)c2ccc(Cl)s2)c(Br)c1=O. The fourth-order valence-corrected chi connectivity index (χ4v) is 3.29. The van der Waals surface area contributed by atoms with Crippen molar-refractivity contribution in [2.75, 3.05) is 5.32 Å². The Kier molecular flexibility index (Phi) is 5.23. The molecule has 1 atom stereocenters. The van der Waals surface area contributed by atoms with Gasteiger partial charge in [-0.3, -0.25) is 4.79 Å². The Balaban J connectivity index is 2.22. The van der Waals surface area contributed by atoms with E-state index in [0.29, 0.717) is 16.7 Å². The van der Waals surface area contributed by atoms with Crippen LogP contribution in [0.5, 0.6) is 0 Å². The normalized spacial score (nSPS) is 12.4. The summed E-state index contributed by atoms with van der Waals surface area (Å²) in [6.07, 6.45) is 2.54. The minimum Gasteiger partial charge on any atom is -0.375 e. The van der Waals surface area contributed by atoms with E-state index >= 15 is 0 Å². The number of hydrogen-bond donors (Lipinski definition) is 1. The van der Waals surface area contributed by atoms with E-state index in [4.69, 9.17) is 11.6 Å². The molecule has 0 radical (unpaired) electrons. The number of rotatable bonds is 5. The first-order valence-corrected chi connectivity index (χ1v) is 8.29. The second-order valence-electron chi connectivity index (χ2n) is 4.41. The van der Waals surface area contributed by atoms with Gasteiger partial charge in [-0.1, -0.05) is 18.5 Å². The number of hydrogen-bond acceptors (Lipinski definition) is 4. The number of aryl methyl sites for hydroxylation is 1. The Morgan fingerprint density at radius 3 is 2.90 bits per heavy atom. The maximum Gasteiger partial charge on any atom is 0.283 e. The monoisotopic (exact) mass is 375 g/mol. The minimum atomic E-state index is -0.117. The first-order valence-electron chi connectivity index (χ1n) is 6.30. The molecule has 2 aromatic heterocycles. The highest BCUT2D eigenvalue weighted by Gasteiger charge is 2.13. The van der Waals surface area contributed by atoms with Crippen LogP contribution in [0.15, 0.2) is 27.6 Å². The van der Waals surface area contributed by atoms with Gasteiger partial charge in [-0.25, -0.2) is 4.68 Å². The van der Waals surface area contributed by atoms with Crippen molar-refractivity contribution < 1.29 is 0 Å². The Labute approximate surface area is 134 Å². The van der Waals surface area contributed by atoms with Crippen LogP contribution in [0.25, 0.3) is 0 Å². The molecular formula is C13H15BrClN3OS. The van der Waals surface area contributed by atoms with Crippen LogP contribution in [-0.2, 0) is 6.54 Å². The van der Waals surface area contributed by atoms with E-state index in [0.717, 1.165) is 15.6 Å². The van der Waals surface area contributed by atoms with Crippen molar-refractivity contribution in [2.24, 2.45) is 0 Å². The van der Waals surface area contributed by atoms with E-state index in [2.05, 4.69) is 26.3 Å². The molecule has 0 amide bonds. The largest absolute Gasteiger partial charge is 0.375 e. The van der Waals surface area contributed by atoms with Gasteiger partial charge in [-0.15, -0.1) is 11.3 Å². The van der Waals surface area contributed by atoms with Crippen LogP contribution in [0, 0.1) is 0 Å². The van der Waals surface area contributed by atoms with Crippen molar-refractivity contribution >= 4 is 44.6 Å². The highest BCUT2D eigenvalue weighted by molar-refractivity contribution is 9.10. The van der Waals surface area contributed by atoms with Gasteiger partial charge in [0.2, 0.25) is 0 Å². The first-order chi connectivity index (χ1) is 9.52. The summed E-state index contributed by atoms with van der Waals surface area (Å²) in [6.45, 7) is 4.65. The van der Waals surface area contributed by atoms with Gasteiger partial charge in [0.05, 0.1) is 22.3 Å². The molecular weight excluding hydrogens is 362 g/mol. The maximum atomic E-state index is 12.1. The summed E-state index contributed by atoms with van der Waals surface area (Å²) in [6, 6.07) is 3.91. The topological polar surface area (TPSA) is 46.9 Å². The molecule has 4 nitrogen and oxygen atoms in total. The molecule has 0 aliphatic carbocycles. The second-order valence-corrected chi connectivity index (χ2v) is 6.95. The molecule has 1 unspecified atom stereocenters. The van der Waals surface area contributed by atoms with Gasteiger partial charge in [0.1, 0.15) is 4.47 Å². The predicted octanol–water partition coefficient (Wildman–Crippen LogP) is 4.30. The van der Waals surface area contributed by atoms with E-state index in [9.17, 15) is 4.79 Å². The molecule has 7 heteroatoms. The molecule has 0 spiro atoms. The standard InChI is InChI=1S/C13H15BrClN3OS/c1-3-6-18-13(19)12(14)9(7-16-18)17-8(2)10-4-5-11(15)20-10/h4-5,7-8,17H,3,6H2,1-2H3. The van der Waals surface area contributed by atoms with E-state index in [1.807, 2.05) is 26.0 Å². The fourth-order valence-electron chi connectivity index (χ4n) is 1.80. The Hall–Kier alpha value is -0.850. The van der Waals surface area contributed by atoms with Crippen LogP contribution in [0.3, 0.4) is 0 Å². The molecule has 0 saturated heterocycles. The molecule has 0 fully saturated rings. The molecule has 2 aromatic rings. The van der Waals surface area contributed by atoms with Crippen molar-refractivity contribution in [2.45, 2.75) is 32.9 Å². The average molecular weight is 377 g/mol. The van der Waals surface area contributed by atoms with Gasteiger partial charge in [-0.05, 0) is 41.4 Å². The lowest BCUT2D eigenvalue weighted by Crippen LogP contribution is -2.24. The molecule has 108 valence electrons. The smallest absolute Gasteiger partial charge is 0.283 e. The van der Waals surface area contributed by atoms with Crippen molar-refractivity contribution in [3.8, 4) is 0 Å². The minimum absolute atomic E-state index is 0.0621. The third-order valence-electron chi connectivity index (χ3n) is 2.81. The Morgan fingerprint density at radius 1 is 1.55 bits per heavy atom. The second kappa shape index (κ2) is 6.74. The number of halogens is 2. The van der Waals surface area contributed by atoms with Crippen LogP contribution in [-0.4, -0.2) is 9.78 Å². The number of nitrogens with one attached hydrogen (secondary N) is 1. The number of thiophene rings is 1. The summed E-state index contributed by atoms with van der Waals surface area (Å²) in [5.41, 5.74) is 0.577. The third kappa shape index (κ3) is 3.42. The summed E-state index contributed by atoms with van der Waals surface area (Å²) < 4.78 is 2.72. The van der Waals surface area contributed by atoms with Gasteiger partial charge in [0.15, 0.2) is 0 Å². The lowest BCUT2D eigenvalue weighted by atomic mass is 10.2. The highest BCUT2D eigenvalue weighted by Crippen LogP contribution is 2.30. The molecule has 2 rings (SSSR count). The molecule has 0 saturated carbocycles. The zero-order chi connectivity index (χ0) is 14.7. The van der Waals surface area contributed by atoms with Crippen LogP contribution >= 0.6 is 38.9 Å². The number of aromatic nitrogens is 2. The highest BCUT2D eigenvalue weighted by atomic mass is 79.9. The predicted molar refractivity (Wildman–Crippen MR) is 87.9 cm³/mol. The van der Waals surface area contributed by atoms with Crippen molar-refractivity contribution in [1.29, 1.82) is 0 Å². The Bertz CT molecular complexity index is 655. The molecule has 2 heterocycles. The molecule has 20 heavy (non-hydrogen) atoms. The van der Waals surface area contributed by atoms with Gasteiger partial charge in [-0.2, -0.15) is 5.10 Å². The molecule has 1 N–H and O–H groups in total. The maximum absolute atomic E-state index is 12.1. The summed E-state index contributed by atoms with van der Waals surface area (Å²) in [4.78, 5) is 13.2. The van der Waals surface area contributed by atoms with Gasteiger partial charge in [0, 0.05) is 11.4 Å². The zero-order valence-corrected chi connectivity index (χ0v) is 14.3. The van der Waals surface area contributed by atoms with Crippen LogP contribution in [0.1, 0.15) is 31.2 Å². The average Bonchev–Trinajstić information content (AvgIpc) is 2.85.